The maximum Gasteiger partial charge on any atom is 0.231 e. The lowest BCUT2D eigenvalue weighted by Crippen LogP contribution is -2.33. The summed E-state index contributed by atoms with van der Waals surface area (Å²) < 4.78 is 10.7. The van der Waals surface area contributed by atoms with Crippen molar-refractivity contribution in [1.82, 2.24) is 5.32 Å². The van der Waals surface area contributed by atoms with Gasteiger partial charge in [0, 0.05) is 13.0 Å². The molecule has 0 spiro atoms. The minimum Gasteiger partial charge on any atom is -0.454 e. The van der Waals surface area contributed by atoms with Gasteiger partial charge in [-0.05, 0) is 54.2 Å². The van der Waals surface area contributed by atoms with Crippen LogP contribution in [0.5, 0.6) is 11.5 Å². The van der Waals surface area contributed by atoms with E-state index in [0.29, 0.717) is 30.7 Å². The lowest BCUT2D eigenvalue weighted by atomic mass is 9.69. The molecular formula is C20H29NO3. The molecule has 3 unspecified atom stereocenters. The Morgan fingerprint density at radius 3 is 2.83 bits per heavy atom. The van der Waals surface area contributed by atoms with Gasteiger partial charge in [0.2, 0.25) is 12.7 Å². The fourth-order valence-electron chi connectivity index (χ4n) is 4.20. The summed E-state index contributed by atoms with van der Waals surface area (Å²) in [7, 11) is 0. The van der Waals surface area contributed by atoms with E-state index in [9.17, 15) is 4.79 Å². The Balaban J connectivity index is 1.53. The van der Waals surface area contributed by atoms with Crippen molar-refractivity contribution >= 4 is 5.91 Å². The standard InChI is InChI=1S/C20H29NO3/c1-13(2)17-6-4-14(3)8-16(17)10-20(22)21-11-15-5-7-18-19(9-15)24-12-23-18/h5,7,9,13-14,16-17H,4,6,8,10-12H2,1-3H3,(H,21,22). The summed E-state index contributed by atoms with van der Waals surface area (Å²) in [6.07, 6.45) is 4.40. The topological polar surface area (TPSA) is 47.6 Å². The molecule has 0 bridgehead atoms. The maximum absolute atomic E-state index is 12.4. The van der Waals surface area contributed by atoms with Crippen molar-refractivity contribution in [1.29, 1.82) is 0 Å². The number of carbonyl (C=O) groups excluding carboxylic acids is 1. The van der Waals surface area contributed by atoms with Gasteiger partial charge in [-0.3, -0.25) is 4.79 Å². The minimum absolute atomic E-state index is 0.164. The van der Waals surface area contributed by atoms with E-state index in [1.807, 2.05) is 18.2 Å². The zero-order valence-corrected chi connectivity index (χ0v) is 15.0. The monoisotopic (exact) mass is 331 g/mol. The molecule has 4 nitrogen and oxygen atoms in total. The number of rotatable bonds is 5. The maximum atomic E-state index is 12.4. The zero-order chi connectivity index (χ0) is 17.1. The molecule has 1 amide bonds. The van der Waals surface area contributed by atoms with Crippen LogP contribution in [0, 0.1) is 23.7 Å². The first-order valence-corrected chi connectivity index (χ1v) is 9.18. The van der Waals surface area contributed by atoms with E-state index in [2.05, 4.69) is 26.1 Å². The molecule has 24 heavy (non-hydrogen) atoms. The Bertz CT molecular complexity index is 584. The largest absolute Gasteiger partial charge is 0.454 e. The summed E-state index contributed by atoms with van der Waals surface area (Å²) in [5, 5.41) is 3.08. The molecule has 0 saturated heterocycles. The molecule has 0 aromatic heterocycles. The number of amides is 1. The third-order valence-electron chi connectivity index (χ3n) is 5.53. The Morgan fingerprint density at radius 2 is 2.04 bits per heavy atom. The first-order valence-electron chi connectivity index (χ1n) is 9.18. The third-order valence-corrected chi connectivity index (χ3v) is 5.53. The highest BCUT2D eigenvalue weighted by Crippen LogP contribution is 2.39. The molecule has 1 N–H and O–H groups in total. The lowest BCUT2D eigenvalue weighted by molar-refractivity contribution is -0.123. The van der Waals surface area contributed by atoms with Crippen LogP contribution in [0.1, 0.15) is 52.0 Å². The van der Waals surface area contributed by atoms with Crippen molar-refractivity contribution in [3.63, 3.8) is 0 Å². The summed E-state index contributed by atoms with van der Waals surface area (Å²) in [4.78, 5) is 12.4. The highest BCUT2D eigenvalue weighted by molar-refractivity contribution is 5.76. The molecule has 4 heteroatoms. The smallest absolute Gasteiger partial charge is 0.231 e. The highest BCUT2D eigenvalue weighted by Gasteiger charge is 2.31. The van der Waals surface area contributed by atoms with Gasteiger partial charge in [-0.1, -0.05) is 33.3 Å². The van der Waals surface area contributed by atoms with Crippen molar-refractivity contribution in [2.75, 3.05) is 6.79 Å². The van der Waals surface area contributed by atoms with Gasteiger partial charge >= 0.3 is 0 Å². The molecule has 1 aliphatic carbocycles. The van der Waals surface area contributed by atoms with Crippen molar-refractivity contribution in [2.45, 2.75) is 53.0 Å². The average Bonchev–Trinajstić information content (AvgIpc) is 3.00. The molecule has 1 heterocycles. The third kappa shape index (κ3) is 4.03. The Morgan fingerprint density at radius 1 is 1.25 bits per heavy atom. The average molecular weight is 331 g/mol. The van der Waals surface area contributed by atoms with Crippen LogP contribution in [0.15, 0.2) is 18.2 Å². The molecule has 1 aliphatic heterocycles. The van der Waals surface area contributed by atoms with Gasteiger partial charge < -0.3 is 14.8 Å². The fraction of sp³-hybridized carbons (Fsp3) is 0.650. The summed E-state index contributed by atoms with van der Waals surface area (Å²) in [5.74, 6) is 4.31. The molecule has 3 rings (SSSR count). The molecule has 1 saturated carbocycles. The van der Waals surface area contributed by atoms with Crippen molar-refractivity contribution in [2.24, 2.45) is 23.7 Å². The summed E-state index contributed by atoms with van der Waals surface area (Å²) in [5.41, 5.74) is 1.05. The molecule has 2 aliphatic rings. The zero-order valence-electron chi connectivity index (χ0n) is 15.0. The van der Waals surface area contributed by atoms with Crippen LogP contribution in [0.4, 0.5) is 0 Å². The van der Waals surface area contributed by atoms with Crippen molar-refractivity contribution in [3.8, 4) is 11.5 Å². The quantitative estimate of drug-likeness (QED) is 0.882. The van der Waals surface area contributed by atoms with E-state index in [0.717, 1.165) is 23.0 Å². The number of carbonyl (C=O) groups is 1. The number of hydrogen-bond donors (Lipinski definition) is 1. The Hall–Kier alpha value is -1.71. The van der Waals surface area contributed by atoms with E-state index in [-0.39, 0.29) is 12.7 Å². The predicted octanol–water partition coefficient (Wildman–Crippen LogP) is 4.13. The van der Waals surface area contributed by atoms with Crippen LogP contribution in [0.2, 0.25) is 0 Å². The predicted molar refractivity (Wildman–Crippen MR) is 93.9 cm³/mol. The van der Waals surface area contributed by atoms with Crippen LogP contribution in [-0.2, 0) is 11.3 Å². The minimum atomic E-state index is 0.164. The molecule has 132 valence electrons. The number of fused-ring (bicyclic) bond motifs is 1. The molecule has 1 aromatic rings. The highest BCUT2D eigenvalue weighted by atomic mass is 16.7. The Labute approximate surface area is 144 Å². The second kappa shape index (κ2) is 7.45. The summed E-state index contributed by atoms with van der Waals surface area (Å²) in [6.45, 7) is 7.72. The lowest BCUT2D eigenvalue weighted by Gasteiger charge is -2.37. The van der Waals surface area contributed by atoms with Crippen molar-refractivity contribution < 1.29 is 14.3 Å². The van der Waals surface area contributed by atoms with E-state index < -0.39 is 0 Å². The van der Waals surface area contributed by atoms with Crippen LogP contribution in [0.3, 0.4) is 0 Å². The normalized spacial score (nSPS) is 25.8. The summed E-state index contributed by atoms with van der Waals surface area (Å²) in [6, 6.07) is 5.83. The second-order valence-electron chi connectivity index (χ2n) is 7.75. The second-order valence-corrected chi connectivity index (χ2v) is 7.75. The first-order chi connectivity index (χ1) is 11.5. The molecule has 0 radical (unpaired) electrons. The van der Waals surface area contributed by atoms with Crippen LogP contribution in [-0.4, -0.2) is 12.7 Å². The molecule has 1 fully saturated rings. The van der Waals surface area contributed by atoms with Gasteiger partial charge in [0.25, 0.3) is 0 Å². The SMILES string of the molecule is CC1CCC(C(C)C)C(CC(=O)NCc2ccc3c(c2)OCO3)C1. The molecular weight excluding hydrogens is 302 g/mol. The van der Waals surface area contributed by atoms with Gasteiger partial charge in [0.05, 0.1) is 0 Å². The van der Waals surface area contributed by atoms with Gasteiger partial charge in [0.1, 0.15) is 0 Å². The van der Waals surface area contributed by atoms with Gasteiger partial charge in [-0.25, -0.2) is 0 Å². The van der Waals surface area contributed by atoms with Gasteiger partial charge in [-0.2, -0.15) is 0 Å². The fourth-order valence-corrected chi connectivity index (χ4v) is 4.20. The number of hydrogen-bond acceptors (Lipinski definition) is 3. The van der Waals surface area contributed by atoms with Gasteiger partial charge in [0.15, 0.2) is 11.5 Å². The van der Waals surface area contributed by atoms with E-state index in [1.165, 1.54) is 19.3 Å². The molecule has 1 aromatic carbocycles. The first kappa shape index (κ1) is 17.1. The Kier molecular flexibility index (Phi) is 5.32. The molecule has 3 atom stereocenters. The van der Waals surface area contributed by atoms with E-state index in [4.69, 9.17) is 9.47 Å². The van der Waals surface area contributed by atoms with Crippen LogP contribution in [0.25, 0.3) is 0 Å². The van der Waals surface area contributed by atoms with Crippen molar-refractivity contribution in [3.05, 3.63) is 23.8 Å². The van der Waals surface area contributed by atoms with E-state index in [1.54, 1.807) is 0 Å². The summed E-state index contributed by atoms with van der Waals surface area (Å²) >= 11 is 0. The van der Waals surface area contributed by atoms with Crippen LogP contribution < -0.4 is 14.8 Å². The van der Waals surface area contributed by atoms with Crippen LogP contribution >= 0.6 is 0 Å². The number of ether oxygens (including phenoxy) is 2. The number of nitrogens with one attached hydrogen (secondary N) is 1. The van der Waals surface area contributed by atoms with E-state index >= 15 is 0 Å². The number of benzene rings is 1. The van der Waals surface area contributed by atoms with Gasteiger partial charge in [-0.15, -0.1) is 0 Å².